The van der Waals surface area contributed by atoms with E-state index in [0.29, 0.717) is 0 Å². The van der Waals surface area contributed by atoms with Gasteiger partial charge < -0.3 is 51.8 Å². The maximum atomic E-state index is 13.5. The maximum Gasteiger partial charge on any atom is 0.303 e. The van der Waals surface area contributed by atoms with E-state index in [0.717, 1.165) is 38.2 Å². The highest BCUT2D eigenvalue weighted by Crippen LogP contribution is 2.39. The molecule has 2 aliphatic rings. The molecule has 79 heavy (non-hydrogen) atoms. The van der Waals surface area contributed by atoms with Gasteiger partial charge in [-0.15, -0.1) is 0 Å². The SMILES string of the molecule is CO[C@H]1O[C@H](CO[C@@H]2O[C@H](CO[Si](c3ccccc3)(c3ccccc3)C(C)(C)C)[C@@H](OCc3ccccc3)[C@H](OCc3ccccc3)[C@H]2OC(C)=O)[C@@H](OCc2ccccc2)[C@H](OCc2ccccc2)[C@H]1OCc1ccccc1. The number of rotatable bonds is 25. The number of esters is 1. The van der Waals surface area contributed by atoms with Gasteiger partial charge in [-0.05, 0) is 43.2 Å². The molecule has 0 bridgehead atoms. The first-order chi connectivity index (χ1) is 38.6. The van der Waals surface area contributed by atoms with Crippen molar-refractivity contribution in [2.24, 2.45) is 0 Å². The lowest BCUT2D eigenvalue weighted by atomic mass is 9.97. The standard InChI is InChI=1S/C66H74O12Si/c1-48(67)76-63-61(72-44-52-33-19-9-20-34-52)59(70-42-50-29-15-7-16-30-50)57(47-75-79(66(2,3)4,54-37-23-11-24-38-54)55-39-25-12-26-40-55)78-65(63)74-46-56-58(69-41-49-27-13-6-14-28-49)60(71-43-51-31-17-8-18-32-51)62(64(68-5)77-56)73-45-53-35-21-10-22-36-53/h6-40,56-65H,41-47H2,1-5H3/t56-,57-,58-,59-,60+,61+,62-,63-,64+,65-/m1/s1. The summed E-state index contributed by atoms with van der Waals surface area (Å²) in [5.41, 5.74) is 4.75. The molecule has 0 amide bonds. The number of methoxy groups -OCH3 is 1. The van der Waals surface area contributed by atoms with Crippen molar-refractivity contribution >= 4 is 24.7 Å². The van der Waals surface area contributed by atoms with Gasteiger partial charge in [0, 0.05) is 14.0 Å². The molecule has 0 N–H and O–H groups in total. The third-order valence-corrected chi connectivity index (χ3v) is 19.5. The van der Waals surface area contributed by atoms with E-state index in [1.54, 1.807) is 7.11 Å². The molecule has 2 saturated heterocycles. The molecule has 2 heterocycles. The van der Waals surface area contributed by atoms with Crippen LogP contribution in [-0.4, -0.2) is 96.0 Å². The van der Waals surface area contributed by atoms with Crippen LogP contribution >= 0.6 is 0 Å². The topological polar surface area (TPSA) is 119 Å². The largest absolute Gasteiger partial charge is 0.454 e. The van der Waals surface area contributed by atoms with Crippen LogP contribution < -0.4 is 10.4 Å². The molecular weight excluding hydrogens is 1010 g/mol. The van der Waals surface area contributed by atoms with Gasteiger partial charge in [0.05, 0.1) is 46.2 Å². The van der Waals surface area contributed by atoms with Crippen molar-refractivity contribution in [1.82, 2.24) is 0 Å². The molecule has 0 aliphatic carbocycles. The van der Waals surface area contributed by atoms with Crippen molar-refractivity contribution in [1.29, 1.82) is 0 Å². The predicted octanol–water partition coefficient (Wildman–Crippen LogP) is 10.5. The van der Waals surface area contributed by atoms with Crippen molar-refractivity contribution in [2.75, 3.05) is 20.3 Å². The average Bonchev–Trinajstić information content (AvgIpc) is 3.52. The number of carbonyl (C=O) groups is 1. The quantitative estimate of drug-likeness (QED) is 0.0401. The Hall–Kier alpha value is -6.17. The lowest BCUT2D eigenvalue weighted by molar-refractivity contribution is -0.346. The summed E-state index contributed by atoms with van der Waals surface area (Å²) in [5, 5.41) is 1.84. The monoisotopic (exact) mass is 1090 g/mol. The van der Waals surface area contributed by atoms with E-state index in [-0.39, 0.29) is 51.3 Å². The summed E-state index contributed by atoms with van der Waals surface area (Å²) in [6.45, 7) is 9.15. The first-order valence-corrected chi connectivity index (χ1v) is 29.2. The van der Waals surface area contributed by atoms with E-state index in [2.05, 4.69) is 69.3 Å². The fourth-order valence-corrected chi connectivity index (χ4v) is 15.2. The summed E-state index contributed by atoms with van der Waals surface area (Å²) >= 11 is 0. The van der Waals surface area contributed by atoms with Crippen LogP contribution in [0, 0.1) is 0 Å². The van der Waals surface area contributed by atoms with E-state index in [1.807, 2.05) is 164 Å². The molecule has 12 nitrogen and oxygen atoms in total. The van der Waals surface area contributed by atoms with Gasteiger partial charge in [0.2, 0.25) is 0 Å². The zero-order valence-electron chi connectivity index (χ0n) is 45.8. The Morgan fingerprint density at radius 3 is 1.08 bits per heavy atom. The van der Waals surface area contributed by atoms with Crippen molar-refractivity contribution in [3.05, 3.63) is 240 Å². The van der Waals surface area contributed by atoms with Crippen LogP contribution in [0.25, 0.3) is 0 Å². The first-order valence-electron chi connectivity index (χ1n) is 27.2. The van der Waals surface area contributed by atoms with E-state index in [9.17, 15) is 4.79 Å². The minimum absolute atomic E-state index is 0.0644. The smallest absolute Gasteiger partial charge is 0.303 e. The van der Waals surface area contributed by atoms with Crippen LogP contribution in [0.2, 0.25) is 5.04 Å². The first kappa shape index (κ1) is 57.5. The molecule has 0 aromatic heterocycles. The Kier molecular flexibility index (Phi) is 20.6. The fraction of sp³-hybridized carbons (Fsp3) is 0.348. The second kappa shape index (κ2) is 28.3. The molecule has 414 valence electrons. The Bertz CT molecular complexity index is 2810. The van der Waals surface area contributed by atoms with Gasteiger partial charge in [-0.1, -0.05) is 233 Å². The molecule has 0 unspecified atom stereocenters. The van der Waals surface area contributed by atoms with Crippen molar-refractivity contribution in [3.63, 3.8) is 0 Å². The second-order valence-electron chi connectivity index (χ2n) is 21.0. The van der Waals surface area contributed by atoms with Gasteiger partial charge in [-0.25, -0.2) is 0 Å². The van der Waals surface area contributed by atoms with Crippen molar-refractivity contribution in [3.8, 4) is 0 Å². The third kappa shape index (κ3) is 15.0. The van der Waals surface area contributed by atoms with Gasteiger partial charge in [0.15, 0.2) is 18.7 Å². The normalized spacial score (nSPS) is 23.5. The van der Waals surface area contributed by atoms with Gasteiger partial charge >= 0.3 is 5.97 Å². The molecule has 0 saturated carbocycles. The molecule has 2 aliphatic heterocycles. The van der Waals surface area contributed by atoms with Gasteiger partial charge in [0.25, 0.3) is 8.32 Å². The summed E-state index contributed by atoms with van der Waals surface area (Å²) in [4.78, 5) is 13.5. The minimum atomic E-state index is -3.17. The number of ether oxygens (including phenoxy) is 10. The van der Waals surface area contributed by atoms with Gasteiger partial charge in [-0.2, -0.15) is 0 Å². The van der Waals surface area contributed by atoms with Crippen LogP contribution in [0.4, 0.5) is 0 Å². The lowest BCUT2D eigenvalue weighted by Crippen LogP contribution is -2.68. The van der Waals surface area contributed by atoms with Crippen molar-refractivity contribution < 1.29 is 56.6 Å². The third-order valence-electron chi connectivity index (χ3n) is 14.4. The molecule has 10 atom stereocenters. The van der Waals surface area contributed by atoms with Crippen LogP contribution in [0.5, 0.6) is 0 Å². The highest BCUT2D eigenvalue weighted by atomic mass is 28.4. The van der Waals surface area contributed by atoms with E-state index < -0.39 is 75.7 Å². The predicted molar refractivity (Wildman–Crippen MR) is 305 cm³/mol. The fourth-order valence-electron chi connectivity index (χ4n) is 10.6. The Morgan fingerprint density at radius 1 is 0.405 bits per heavy atom. The number of carbonyl (C=O) groups excluding carboxylic acids is 1. The molecular formula is C66H74O12Si. The highest BCUT2D eigenvalue weighted by Gasteiger charge is 2.55. The van der Waals surface area contributed by atoms with E-state index in [4.69, 9.17) is 51.8 Å². The van der Waals surface area contributed by atoms with Crippen LogP contribution in [0.1, 0.15) is 55.5 Å². The molecule has 0 spiro atoms. The molecule has 9 rings (SSSR count). The molecule has 0 radical (unpaired) electrons. The van der Waals surface area contributed by atoms with Crippen LogP contribution in [0.3, 0.4) is 0 Å². The molecule has 13 heteroatoms. The lowest BCUT2D eigenvalue weighted by Gasteiger charge is -2.49. The van der Waals surface area contributed by atoms with Crippen LogP contribution in [0.15, 0.2) is 212 Å². The Balaban J connectivity index is 1.10. The molecule has 7 aromatic carbocycles. The van der Waals surface area contributed by atoms with Gasteiger partial charge in [0.1, 0.15) is 42.7 Å². The zero-order chi connectivity index (χ0) is 54.9. The number of hydrogen-bond acceptors (Lipinski definition) is 12. The molecule has 2 fully saturated rings. The highest BCUT2D eigenvalue weighted by molar-refractivity contribution is 6.99. The summed E-state index contributed by atoms with van der Waals surface area (Å²) in [6, 6.07) is 70.6. The summed E-state index contributed by atoms with van der Waals surface area (Å²) in [5.74, 6) is -0.551. The van der Waals surface area contributed by atoms with E-state index >= 15 is 0 Å². The maximum absolute atomic E-state index is 13.5. The number of hydrogen-bond donors (Lipinski definition) is 0. The summed E-state index contributed by atoms with van der Waals surface area (Å²) in [6.07, 6.45) is -8.98. The molecule has 7 aromatic rings. The average molecular weight is 1090 g/mol. The van der Waals surface area contributed by atoms with Crippen LogP contribution in [-0.2, 0) is 89.6 Å². The number of benzene rings is 7. The summed E-state index contributed by atoms with van der Waals surface area (Å²) in [7, 11) is -1.58. The Labute approximate surface area is 466 Å². The second-order valence-corrected chi connectivity index (χ2v) is 25.3. The van der Waals surface area contributed by atoms with E-state index in [1.165, 1.54) is 6.92 Å². The van der Waals surface area contributed by atoms with Gasteiger partial charge in [-0.3, -0.25) is 4.79 Å². The zero-order valence-corrected chi connectivity index (χ0v) is 46.8. The summed E-state index contributed by atoms with van der Waals surface area (Å²) < 4.78 is 75.9. The van der Waals surface area contributed by atoms with Crippen molar-refractivity contribution in [2.45, 2.75) is 127 Å². The minimum Gasteiger partial charge on any atom is -0.454 e. The Morgan fingerprint density at radius 2 is 0.722 bits per heavy atom.